The smallest absolute Gasteiger partial charge is 0.0648 e. The van der Waals surface area contributed by atoms with Crippen molar-refractivity contribution in [3.8, 4) is 0 Å². The van der Waals surface area contributed by atoms with Crippen molar-refractivity contribution >= 4 is 0 Å². The number of rotatable bonds is 6. The number of benzene rings is 1. The largest absolute Gasteiger partial charge is 0.310 e. The molecule has 0 saturated heterocycles. The molecule has 0 bridgehead atoms. The van der Waals surface area contributed by atoms with Crippen molar-refractivity contribution < 1.29 is 0 Å². The second-order valence-corrected chi connectivity index (χ2v) is 5.73. The van der Waals surface area contributed by atoms with Crippen LogP contribution in [0.1, 0.15) is 47.5 Å². The van der Waals surface area contributed by atoms with E-state index in [2.05, 4.69) is 59.7 Å². The first-order chi connectivity index (χ1) is 10.1. The van der Waals surface area contributed by atoms with E-state index in [0.29, 0.717) is 6.04 Å². The molecule has 1 aromatic heterocycles. The maximum atomic E-state index is 4.28. The summed E-state index contributed by atoms with van der Waals surface area (Å²) in [6, 6.07) is 11.2. The summed E-state index contributed by atoms with van der Waals surface area (Å²) in [5.41, 5.74) is 5.92. The Morgan fingerprint density at radius 1 is 1.10 bits per heavy atom. The van der Waals surface area contributed by atoms with Crippen molar-refractivity contribution in [2.24, 2.45) is 0 Å². The van der Waals surface area contributed by atoms with Crippen LogP contribution in [0, 0.1) is 20.8 Å². The van der Waals surface area contributed by atoms with Crippen LogP contribution in [0.4, 0.5) is 0 Å². The van der Waals surface area contributed by atoms with Crippen molar-refractivity contribution in [1.82, 2.24) is 15.5 Å². The van der Waals surface area contributed by atoms with Crippen LogP contribution in [-0.2, 0) is 6.42 Å². The number of nitrogens with one attached hydrogen (secondary N) is 1. The molecule has 2 rings (SSSR count). The Morgan fingerprint density at radius 3 is 2.62 bits per heavy atom. The fraction of sp³-hybridized carbons (Fsp3) is 0.444. The first-order valence-electron chi connectivity index (χ1n) is 7.70. The van der Waals surface area contributed by atoms with Gasteiger partial charge in [0.05, 0.1) is 11.4 Å². The first-order valence-corrected chi connectivity index (χ1v) is 7.70. The van der Waals surface area contributed by atoms with Gasteiger partial charge in [0.25, 0.3) is 0 Å². The normalized spacial score (nSPS) is 12.4. The van der Waals surface area contributed by atoms with Gasteiger partial charge in [0.2, 0.25) is 0 Å². The Hall–Kier alpha value is -1.74. The third-order valence-electron chi connectivity index (χ3n) is 3.68. The van der Waals surface area contributed by atoms with Gasteiger partial charge in [0.15, 0.2) is 0 Å². The third kappa shape index (κ3) is 4.36. The lowest BCUT2D eigenvalue weighted by atomic mass is 9.96. The van der Waals surface area contributed by atoms with Crippen molar-refractivity contribution in [3.63, 3.8) is 0 Å². The van der Waals surface area contributed by atoms with E-state index in [4.69, 9.17) is 0 Å². The Kier molecular flexibility index (Phi) is 5.45. The molecule has 0 radical (unpaired) electrons. The Balaban J connectivity index is 2.27. The monoisotopic (exact) mass is 283 g/mol. The molecular formula is C18H25N3. The minimum Gasteiger partial charge on any atom is -0.310 e. The highest BCUT2D eigenvalue weighted by molar-refractivity contribution is 5.28. The van der Waals surface area contributed by atoms with Gasteiger partial charge in [0, 0.05) is 6.04 Å². The maximum Gasteiger partial charge on any atom is 0.0648 e. The first kappa shape index (κ1) is 15.6. The topological polar surface area (TPSA) is 37.8 Å². The standard InChI is InChI=1S/C18H25N3/c1-5-9-19-18(12-16-8-6-7-13(2)10-16)17-11-14(3)20-21-15(17)4/h6-8,10-11,18-19H,5,9,12H2,1-4H3. The quantitative estimate of drug-likeness (QED) is 0.878. The molecule has 0 aliphatic rings. The average Bonchev–Trinajstić information content (AvgIpc) is 2.46. The molecule has 0 amide bonds. The third-order valence-corrected chi connectivity index (χ3v) is 3.68. The van der Waals surface area contributed by atoms with Crippen LogP contribution in [0.2, 0.25) is 0 Å². The highest BCUT2D eigenvalue weighted by atomic mass is 15.1. The van der Waals surface area contributed by atoms with Crippen molar-refractivity contribution in [2.75, 3.05) is 6.54 Å². The van der Waals surface area contributed by atoms with Gasteiger partial charge in [-0.15, -0.1) is 0 Å². The molecule has 3 nitrogen and oxygen atoms in total. The average molecular weight is 283 g/mol. The van der Waals surface area contributed by atoms with Crippen molar-refractivity contribution in [2.45, 2.75) is 46.6 Å². The van der Waals surface area contributed by atoms with Gasteiger partial charge in [-0.05, 0) is 57.4 Å². The van der Waals surface area contributed by atoms with Crippen LogP contribution in [0.5, 0.6) is 0 Å². The summed E-state index contributed by atoms with van der Waals surface area (Å²) in [6.45, 7) is 9.39. The van der Waals surface area contributed by atoms with Crippen molar-refractivity contribution in [3.05, 3.63) is 58.4 Å². The van der Waals surface area contributed by atoms with E-state index < -0.39 is 0 Å². The molecule has 1 unspecified atom stereocenters. The lowest BCUT2D eigenvalue weighted by Gasteiger charge is -2.21. The van der Waals surface area contributed by atoms with E-state index in [1.165, 1.54) is 16.7 Å². The van der Waals surface area contributed by atoms with Gasteiger partial charge in [-0.2, -0.15) is 10.2 Å². The summed E-state index contributed by atoms with van der Waals surface area (Å²) >= 11 is 0. The predicted octanol–water partition coefficient (Wildman–Crippen LogP) is 3.69. The lowest BCUT2D eigenvalue weighted by Crippen LogP contribution is -2.25. The molecule has 0 spiro atoms. The zero-order valence-electron chi connectivity index (χ0n) is 13.5. The van der Waals surface area contributed by atoms with E-state index >= 15 is 0 Å². The second kappa shape index (κ2) is 7.32. The molecule has 2 aromatic rings. The molecule has 3 heteroatoms. The SMILES string of the molecule is CCCNC(Cc1cccc(C)c1)c1cc(C)nnc1C. The summed E-state index contributed by atoms with van der Waals surface area (Å²) in [5.74, 6) is 0. The molecule has 0 fully saturated rings. The van der Waals surface area contributed by atoms with Gasteiger partial charge < -0.3 is 5.32 Å². The highest BCUT2D eigenvalue weighted by Crippen LogP contribution is 2.21. The molecule has 0 aliphatic heterocycles. The fourth-order valence-corrected chi connectivity index (χ4v) is 2.61. The summed E-state index contributed by atoms with van der Waals surface area (Å²) < 4.78 is 0. The van der Waals surface area contributed by atoms with Crippen LogP contribution >= 0.6 is 0 Å². The molecule has 0 saturated carbocycles. The number of nitrogens with zero attached hydrogens (tertiary/aromatic N) is 2. The summed E-state index contributed by atoms with van der Waals surface area (Å²) in [5, 5.41) is 12.1. The molecule has 21 heavy (non-hydrogen) atoms. The van der Waals surface area contributed by atoms with Gasteiger partial charge in [-0.25, -0.2) is 0 Å². The molecule has 1 heterocycles. The van der Waals surface area contributed by atoms with E-state index in [-0.39, 0.29) is 0 Å². The molecule has 112 valence electrons. The lowest BCUT2D eigenvalue weighted by molar-refractivity contribution is 0.523. The number of aromatic nitrogens is 2. The summed E-state index contributed by atoms with van der Waals surface area (Å²) in [6.07, 6.45) is 2.11. The number of hydrogen-bond donors (Lipinski definition) is 1. The van der Waals surface area contributed by atoms with Gasteiger partial charge in [-0.1, -0.05) is 36.8 Å². The molecule has 1 atom stereocenters. The minimum atomic E-state index is 0.293. The number of aryl methyl sites for hydroxylation is 3. The zero-order valence-corrected chi connectivity index (χ0v) is 13.5. The maximum absolute atomic E-state index is 4.28. The highest BCUT2D eigenvalue weighted by Gasteiger charge is 2.15. The van der Waals surface area contributed by atoms with E-state index in [0.717, 1.165) is 30.8 Å². The van der Waals surface area contributed by atoms with Gasteiger partial charge >= 0.3 is 0 Å². The zero-order chi connectivity index (χ0) is 15.2. The Labute approximate surface area is 127 Å². The van der Waals surface area contributed by atoms with Crippen LogP contribution in [0.25, 0.3) is 0 Å². The molecule has 0 aliphatic carbocycles. The van der Waals surface area contributed by atoms with Crippen LogP contribution < -0.4 is 5.32 Å². The Morgan fingerprint density at radius 2 is 1.90 bits per heavy atom. The van der Waals surface area contributed by atoms with Crippen LogP contribution in [-0.4, -0.2) is 16.7 Å². The van der Waals surface area contributed by atoms with Gasteiger partial charge in [0.1, 0.15) is 0 Å². The predicted molar refractivity (Wildman–Crippen MR) is 87.4 cm³/mol. The summed E-state index contributed by atoms with van der Waals surface area (Å²) in [7, 11) is 0. The van der Waals surface area contributed by atoms with Crippen LogP contribution in [0.15, 0.2) is 30.3 Å². The molecule has 1 aromatic carbocycles. The fourth-order valence-electron chi connectivity index (χ4n) is 2.61. The van der Waals surface area contributed by atoms with E-state index in [9.17, 15) is 0 Å². The second-order valence-electron chi connectivity index (χ2n) is 5.73. The van der Waals surface area contributed by atoms with Crippen LogP contribution in [0.3, 0.4) is 0 Å². The van der Waals surface area contributed by atoms with E-state index in [1.807, 2.05) is 13.8 Å². The van der Waals surface area contributed by atoms with Crippen molar-refractivity contribution in [1.29, 1.82) is 0 Å². The molecule has 1 N–H and O–H groups in total. The number of hydrogen-bond acceptors (Lipinski definition) is 3. The van der Waals surface area contributed by atoms with Gasteiger partial charge in [-0.3, -0.25) is 0 Å². The van der Waals surface area contributed by atoms with E-state index in [1.54, 1.807) is 0 Å². The Bertz CT molecular complexity index is 593. The summed E-state index contributed by atoms with van der Waals surface area (Å²) in [4.78, 5) is 0. The minimum absolute atomic E-state index is 0.293. The molecular weight excluding hydrogens is 258 g/mol.